The normalized spacial score (nSPS) is 36.3. The number of aryl methyl sites for hydroxylation is 1. The first-order valence-electron chi connectivity index (χ1n) is 11.8. The number of nitrogens with one attached hydrogen (secondary N) is 1. The van der Waals surface area contributed by atoms with Crippen LogP contribution in [-0.4, -0.2) is 99.4 Å². The summed E-state index contributed by atoms with van der Waals surface area (Å²) in [5.74, 6) is -0.328. The molecule has 4 rings (SSSR count). The SMILES string of the molecule is CC(=O)N[C@H]1[C@H](Oc2ccc3c(C)cc(=O)oc3c2)O[C@H](CO)[C@@H](O[C@@H]2O[C@@H](C)[C@@H](O)[C@@H](O)[C@@H]2O)[C@@H]1O. The fourth-order valence-electron chi connectivity index (χ4n) is 4.52. The molecule has 204 valence electrons. The first kappa shape index (κ1) is 27.4. The second-order valence-corrected chi connectivity index (χ2v) is 9.25. The number of aliphatic hydroxyl groups excluding tert-OH is 5. The molecule has 10 atom stereocenters. The molecule has 1 aromatic heterocycles. The lowest BCUT2D eigenvalue weighted by Gasteiger charge is -2.46. The summed E-state index contributed by atoms with van der Waals surface area (Å²) in [6.45, 7) is 3.79. The number of fused-ring (bicyclic) bond motifs is 1. The van der Waals surface area contributed by atoms with Crippen LogP contribution < -0.4 is 15.7 Å². The second-order valence-electron chi connectivity index (χ2n) is 9.25. The van der Waals surface area contributed by atoms with Crippen molar-refractivity contribution in [2.24, 2.45) is 0 Å². The molecule has 0 spiro atoms. The summed E-state index contributed by atoms with van der Waals surface area (Å²) in [6.07, 6.45) is -12.4. The van der Waals surface area contributed by atoms with E-state index in [1.165, 1.54) is 26.0 Å². The molecule has 0 saturated carbocycles. The largest absolute Gasteiger partial charge is 0.462 e. The van der Waals surface area contributed by atoms with Gasteiger partial charge in [0.15, 0.2) is 6.29 Å². The van der Waals surface area contributed by atoms with Gasteiger partial charge in [-0.05, 0) is 31.5 Å². The molecule has 2 aliphatic rings. The monoisotopic (exact) mass is 525 g/mol. The Morgan fingerprint density at radius 3 is 2.43 bits per heavy atom. The first-order valence-corrected chi connectivity index (χ1v) is 11.8. The van der Waals surface area contributed by atoms with Gasteiger partial charge in [-0.25, -0.2) is 4.79 Å². The third-order valence-electron chi connectivity index (χ3n) is 6.50. The van der Waals surface area contributed by atoms with E-state index in [1.807, 2.05) is 0 Å². The lowest BCUT2D eigenvalue weighted by Crippen LogP contribution is -2.67. The number of rotatable bonds is 6. The summed E-state index contributed by atoms with van der Waals surface area (Å²) in [6, 6.07) is 4.87. The van der Waals surface area contributed by atoms with E-state index in [4.69, 9.17) is 23.4 Å². The van der Waals surface area contributed by atoms with Crippen LogP contribution in [0.4, 0.5) is 0 Å². The molecular formula is C24H31NO12. The third-order valence-corrected chi connectivity index (χ3v) is 6.50. The van der Waals surface area contributed by atoms with Crippen LogP contribution in [0, 0.1) is 6.92 Å². The van der Waals surface area contributed by atoms with Crippen LogP contribution in [0.3, 0.4) is 0 Å². The zero-order valence-corrected chi connectivity index (χ0v) is 20.4. The van der Waals surface area contributed by atoms with Gasteiger partial charge in [0, 0.05) is 24.4 Å². The Morgan fingerprint density at radius 1 is 1.03 bits per heavy atom. The van der Waals surface area contributed by atoms with Crippen LogP contribution >= 0.6 is 0 Å². The van der Waals surface area contributed by atoms with Crippen LogP contribution in [0.2, 0.25) is 0 Å². The molecule has 0 aliphatic carbocycles. The van der Waals surface area contributed by atoms with E-state index >= 15 is 0 Å². The smallest absolute Gasteiger partial charge is 0.336 e. The maximum atomic E-state index is 11.9. The number of amides is 1. The van der Waals surface area contributed by atoms with E-state index in [1.54, 1.807) is 19.1 Å². The summed E-state index contributed by atoms with van der Waals surface area (Å²) in [5.41, 5.74) is 0.424. The van der Waals surface area contributed by atoms with E-state index in [0.717, 1.165) is 0 Å². The number of hydrogen-bond acceptors (Lipinski definition) is 12. The molecule has 1 amide bonds. The second kappa shape index (κ2) is 11.0. The van der Waals surface area contributed by atoms with Crippen LogP contribution in [0.15, 0.2) is 33.5 Å². The average molecular weight is 526 g/mol. The highest BCUT2D eigenvalue weighted by atomic mass is 16.7. The van der Waals surface area contributed by atoms with Crippen molar-refractivity contribution >= 4 is 16.9 Å². The van der Waals surface area contributed by atoms with Gasteiger partial charge in [-0.1, -0.05) is 0 Å². The van der Waals surface area contributed by atoms with Crippen molar-refractivity contribution in [2.45, 2.75) is 82.1 Å². The molecule has 13 heteroatoms. The van der Waals surface area contributed by atoms with Gasteiger partial charge in [0.25, 0.3) is 0 Å². The topological polar surface area (TPSA) is 197 Å². The van der Waals surface area contributed by atoms with Gasteiger partial charge in [0.1, 0.15) is 54.0 Å². The summed E-state index contributed by atoms with van der Waals surface area (Å²) >= 11 is 0. The van der Waals surface area contributed by atoms with Crippen molar-refractivity contribution in [3.05, 3.63) is 40.2 Å². The van der Waals surface area contributed by atoms with Crippen molar-refractivity contribution in [2.75, 3.05) is 6.61 Å². The molecule has 2 fully saturated rings. The predicted molar refractivity (Wildman–Crippen MR) is 124 cm³/mol. The number of carbonyl (C=O) groups is 1. The van der Waals surface area contributed by atoms with Crippen molar-refractivity contribution in [1.29, 1.82) is 0 Å². The predicted octanol–water partition coefficient (Wildman–Crippen LogP) is -1.72. The number of aliphatic hydroxyl groups is 5. The highest BCUT2D eigenvalue weighted by Gasteiger charge is 2.51. The summed E-state index contributed by atoms with van der Waals surface area (Å²) in [5, 5.41) is 54.7. The Kier molecular flexibility index (Phi) is 8.16. The van der Waals surface area contributed by atoms with E-state index in [-0.39, 0.29) is 11.3 Å². The van der Waals surface area contributed by atoms with Gasteiger partial charge >= 0.3 is 5.63 Å². The van der Waals surface area contributed by atoms with Gasteiger partial charge in [-0.3, -0.25) is 4.79 Å². The Balaban J connectivity index is 1.58. The third kappa shape index (κ3) is 5.63. The number of benzene rings is 1. The summed E-state index contributed by atoms with van der Waals surface area (Å²) in [7, 11) is 0. The molecule has 13 nitrogen and oxygen atoms in total. The van der Waals surface area contributed by atoms with Crippen LogP contribution in [-0.2, 0) is 19.0 Å². The number of hydrogen-bond donors (Lipinski definition) is 6. The lowest BCUT2D eigenvalue weighted by atomic mass is 9.95. The Hall–Kier alpha value is -2.62. The lowest BCUT2D eigenvalue weighted by molar-refractivity contribution is -0.339. The highest BCUT2D eigenvalue weighted by molar-refractivity contribution is 5.81. The van der Waals surface area contributed by atoms with Crippen molar-refractivity contribution in [3.8, 4) is 5.75 Å². The zero-order valence-electron chi connectivity index (χ0n) is 20.4. The van der Waals surface area contributed by atoms with E-state index < -0.39 is 79.5 Å². The molecule has 2 aromatic rings. The molecule has 3 heterocycles. The molecule has 0 radical (unpaired) electrons. The van der Waals surface area contributed by atoms with Gasteiger partial charge in [-0.15, -0.1) is 0 Å². The number of carbonyl (C=O) groups excluding carboxylic acids is 1. The molecule has 0 bridgehead atoms. The van der Waals surface area contributed by atoms with Crippen molar-refractivity contribution in [1.82, 2.24) is 5.32 Å². The highest BCUT2D eigenvalue weighted by Crippen LogP contribution is 2.31. The fraction of sp³-hybridized carbons (Fsp3) is 0.583. The summed E-state index contributed by atoms with van der Waals surface area (Å²) < 4.78 is 28.1. The molecule has 1 aromatic carbocycles. The minimum Gasteiger partial charge on any atom is -0.462 e. The van der Waals surface area contributed by atoms with Gasteiger partial charge in [-0.2, -0.15) is 0 Å². The standard InChI is InChI=1S/C24H31NO12/c1-9-6-16(28)35-14-7-12(4-5-13(9)14)34-23-17(25-11(3)27)19(30)22(15(8-26)36-23)37-24-21(32)20(31)18(29)10(2)33-24/h4-7,10,15,17-24,26,29-32H,8H2,1-3H3,(H,25,27)/t10-,15+,17+,18+,19+,20+,21-,22+,23+,24-/m0/s1. The maximum absolute atomic E-state index is 11.9. The van der Waals surface area contributed by atoms with Crippen LogP contribution in [0.1, 0.15) is 19.4 Å². The molecule has 2 aliphatic heterocycles. The molecular weight excluding hydrogens is 494 g/mol. The van der Waals surface area contributed by atoms with Crippen LogP contribution in [0.25, 0.3) is 11.0 Å². The minimum atomic E-state index is -1.67. The molecule has 37 heavy (non-hydrogen) atoms. The molecule has 2 saturated heterocycles. The van der Waals surface area contributed by atoms with Crippen molar-refractivity contribution < 1.29 is 53.7 Å². The van der Waals surface area contributed by atoms with E-state index in [2.05, 4.69) is 5.32 Å². The van der Waals surface area contributed by atoms with Crippen LogP contribution in [0.5, 0.6) is 5.75 Å². The van der Waals surface area contributed by atoms with Gasteiger partial charge < -0.3 is 54.2 Å². The van der Waals surface area contributed by atoms with E-state index in [9.17, 15) is 35.1 Å². The molecule has 0 unspecified atom stereocenters. The Morgan fingerprint density at radius 2 is 1.76 bits per heavy atom. The Bertz CT molecular complexity index is 1170. The average Bonchev–Trinajstić information content (AvgIpc) is 2.84. The zero-order chi connectivity index (χ0) is 27.0. The van der Waals surface area contributed by atoms with Crippen molar-refractivity contribution in [3.63, 3.8) is 0 Å². The maximum Gasteiger partial charge on any atom is 0.336 e. The van der Waals surface area contributed by atoms with Gasteiger partial charge in [0.2, 0.25) is 12.2 Å². The number of ether oxygens (including phenoxy) is 4. The molecule has 6 N–H and O–H groups in total. The first-order chi connectivity index (χ1) is 17.5. The fourth-order valence-corrected chi connectivity index (χ4v) is 4.52. The summed E-state index contributed by atoms with van der Waals surface area (Å²) in [4.78, 5) is 23.7. The van der Waals surface area contributed by atoms with Gasteiger partial charge in [0.05, 0.1) is 12.7 Å². The quantitative estimate of drug-likeness (QED) is 0.234. The Labute approximate surface area is 211 Å². The minimum absolute atomic E-state index is 0.196. The van der Waals surface area contributed by atoms with E-state index in [0.29, 0.717) is 10.9 Å².